The zero-order valence-electron chi connectivity index (χ0n) is 10.8. The van der Waals surface area contributed by atoms with Gasteiger partial charge in [0.15, 0.2) is 0 Å². The molecule has 0 saturated heterocycles. The number of ketones is 1. The number of rotatable bonds is 2. The number of carbonyl (C=O) groups is 2. The molecule has 0 N–H and O–H groups in total. The molecule has 0 aliphatic carbocycles. The summed E-state index contributed by atoms with van der Waals surface area (Å²) < 4.78 is 13.9. The fourth-order valence-electron chi connectivity index (χ4n) is 2.30. The lowest BCUT2D eigenvalue weighted by atomic mass is 10.1. The van der Waals surface area contributed by atoms with Crippen molar-refractivity contribution in [2.24, 2.45) is 0 Å². The van der Waals surface area contributed by atoms with Gasteiger partial charge in [-0.3, -0.25) is 19.5 Å². The number of pyridine rings is 1. The molecule has 1 aliphatic rings. The molecular weight excluding hydrogens is 259 g/mol. The summed E-state index contributed by atoms with van der Waals surface area (Å²) in [5.74, 6) is -1.96. The average Bonchev–Trinajstić information content (AvgIpc) is 2.68. The zero-order valence-corrected chi connectivity index (χ0v) is 10.8. The van der Waals surface area contributed by atoms with E-state index < -0.39 is 17.5 Å². The second-order valence-corrected chi connectivity index (χ2v) is 4.62. The Hall–Kier alpha value is -2.56. The average molecular weight is 270 g/mol. The first-order valence-corrected chi connectivity index (χ1v) is 6.15. The third kappa shape index (κ3) is 1.79. The Morgan fingerprint density at radius 2 is 2.00 bits per heavy atom. The van der Waals surface area contributed by atoms with Gasteiger partial charge in [0.25, 0.3) is 11.7 Å². The van der Waals surface area contributed by atoms with Gasteiger partial charge in [0.05, 0.1) is 23.5 Å². The predicted octanol–water partition coefficient (Wildman–Crippen LogP) is 2.26. The van der Waals surface area contributed by atoms with Crippen LogP contribution in [0.4, 0.5) is 10.1 Å². The van der Waals surface area contributed by atoms with Crippen molar-refractivity contribution in [1.29, 1.82) is 0 Å². The van der Waals surface area contributed by atoms with Crippen LogP contribution in [0, 0.1) is 12.7 Å². The van der Waals surface area contributed by atoms with E-state index in [1.54, 1.807) is 12.3 Å². The third-order valence-corrected chi connectivity index (χ3v) is 3.37. The van der Waals surface area contributed by atoms with E-state index in [-0.39, 0.29) is 17.8 Å². The van der Waals surface area contributed by atoms with Gasteiger partial charge in [-0.1, -0.05) is 12.1 Å². The van der Waals surface area contributed by atoms with Gasteiger partial charge in [0.2, 0.25) is 0 Å². The number of amides is 1. The summed E-state index contributed by atoms with van der Waals surface area (Å²) in [6, 6.07) is 7.76. The topological polar surface area (TPSA) is 50.3 Å². The molecule has 1 aliphatic heterocycles. The van der Waals surface area contributed by atoms with Crippen molar-refractivity contribution in [3.05, 3.63) is 59.2 Å². The highest BCUT2D eigenvalue weighted by Gasteiger charge is 2.38. The standard InChI is InChI=1S/C15H11FN2O2/c1-9-4-3-7-17-12(9)8-18-13-10(14(19)15(18)20)5-2-6-11(13)16/h2-7H,8H2,1H3. The fourth-order valence-corrected chi connectivity index (χ4v) is 2.30. The maximum atomic E-state index is 13.9. The summed E-state index contributed by atoms with van der Waals surface area (Å²) in [6.07, 6.45) is 1.60. The molecule has 0 spiro atoms. The molecule has 5 heteroatoms. The molecule has 0 atom stereocenters. The highest BCUT2D eigenvalue weighted by molar-refractivity contribution is 6.52. The number of halogens is 1. The van der Waals surface area contributed by atoms with Crippen molar-refractivity contribution >= 4 is 17.4 Å². The first-order chi connectivity index (χ1) is 9.59. The fraction of sp³-hybridized carbons (Fsp3) is 0.133. The van der Waals surface area contributed by atoms with Crippen LogP contribution < -0.4 is 4.90 Å². The maximum absolute atomic E-state index is 13.9. The second kappa shape index (κ2) is 4.52. The minimum atomic E-state index is -0.713. The van der Waals surface area contributed by atoms with E-state index in [9.17, 15) is 14.0 Å². The van der Waals surface area contributed by atoms with Crippen molar-refractivity contribution < 1.29 is 14.0 Å². The van der Waals surface area contributed by atoms with Gasteiger partial charge >= 0.3 is 0 Å². The molecule has 1 aromatic carbocycles. The maximum Gasteiger partial charge on any atom is 0.299 e. The van der Waals surface area contributed by atoms with E-state index in [1.807, 2.05) is 13.0 Å². The molecule has 100 valence electrons. The molecule has 3 rings (SSSR count). The summed E-state index contributed by atoms with van der Waals surface area (Å²) in [5, 5.41) is 0. The number of anilines is 1. The van der Waals surface area contributed by atoms with Gasteiger partial charge in [-0.2, -0.15) is 0 Å². The van der Waals surface area contributed by atoms with Crippen LogP contribution in [0.25, 0.3) is 0 Å². The smallest absolute Gasteiger partial charge is 0.296 e. The Morgan fingerprint density at radius 3 is 2.75 bits per heavy atom. The summed E-state index contributed by atoms with van der Waals surface area (Å²) >= 11 is 0. The molecule has 1 amide bonds. The first-order valence-electron chi connectivity index (χ1n) is 6.15. The van der Waals surface area contributed by atoms with Crippen LogP contribution in [-0.4, -0.2) is 16.7 Å². The molecule has 0 fully saturated rings. The molecule has 4 nitrogen and oxygen atoms in total. The van der Waals surface area contributed by atoms with E-state index in [4.69, 9.17) is 0 Å². The van der Waals surface area contributed by atoms with Crippen LogP contribution in [0.3, 0.4) is 0 Å². The van der Waals surface area contributed by atoms with Crippen LogP contribution >= 0.6 is 0 Å². The second-order valence-electron chi connectivity index (χ2n) is 4.62. The van der Waals surface area contributed by atoms with E-state index >= 15 is 0 Å². The minimum Gasteiger partial charge on any atom is -0.296 e. The van der Waals surface area contributed by atoms with Crippen LogP contribution in [-0.2, 0) is 11.3 Å². The number of hydrogen-bond acceptors (Lipinski definition) is 3. The quantitative estimate of drug-likeness (QED) is 0.786. The summed E-state index contributed by atoms with van der Waals surface area (Å²) in [7, 11) is 0. The van der Waals surface area contributed by atoms with Crippen LogP contribution in [0.15, 0.2) is 36.5 Å². The summed E-state index contributed by atoms with van der Waals surface area (Å²) in [6.45, 7) is 1.94. The summed E-state index contributed by atoms with van der Waals surface area (Å²) in [5.41, 5.74) is 1.69. The van der Waals surface area contributed by atoms with E-state index in [1.165, 1.54) is 18.2 Å². The lowest BCUT2D eigenvalue weighted by Crippen LogP contribution is -2.30. The molecular formula is C15H11FN2O2. The van der Waals surface area contributed by atoms with E-state index in [0.717, 1.165) is 10.5 Å². The number of carbonyl (C=O) groups excluding carboxylic acids is 2. The van der Waals surface area contributed by atoms with Crippen molar-refractivity contribution in [3.8, 4) is 0 Å². The molecule has 0 unspecified atom stereocenters. The molecule has 20 heavy (non-hydrogen) atoms. The number of Topliss-reactive ketones (excluding diaryl/α,β-unsaturated/α-hetero) is 1. The predicted molar refractivity (Wildman–Crippen MR) is 70.9 cm³/mol. The monoisotopic (exact) mass is 270 g/mol. The molecule has 0 radical (unpaired) electrons. The number of nitrogens with zero attached hydrogens (tertiary/aromatic N) is 2. The molecule has 0 saturated carbocycles. The lowest BCUT2D eigenvalue weighted by Gasteiger charge is -2.17. The molecule has 2 heterocycles. The Bertz CT molecular complexity index is 728. The van der Waals surface area contributed by atoms with Gasteiger partial charge < -0.3 is 0 Å². The van der Waals surface area contributed by atoms with Crippen molar-refractivity contribution in [3.63, 3.8) is 0 Å². The van der Waals surface area contributed by atoms with E-state index in [0.29, 0.717) is 5.69 Å². The number of para-hydroxylation sites is 1. The van der Waals surface area contributed by atoms with E-state index in [2.05, 4.69) is 4.98 Å². The first kappa shape index (κ1) is 12.5. The SMILES string of the molecule is Cc1cccnc1CN1C(=O)C(=O)c2cccc(F)c21. The normalized spacial score (nSPS) is 13.8. The van der Waals surface area contributed by atoms with Gasteiger partial charge in [-0.25, -0.2) is 4.39 Å². The Kier molecular flexibility index (Phi) is 2.82. The number of aryl methyl sites for hydroxylation is 1. The lowest BCUT2D eigenvalue weighted by molar-refractivity contribution is -0.114. The minimum absolute atomic E-state index is 0.0487. The van der Waals surface area contributed by atoms with Crippen LogP contribution in [0.2, 0.25) is 0 Å². The highest BCUT2D eigenvalue weighted by Crippen LogP contribution is 2.32. The molecule has 0 bridgehead atoms. The van der Waals surface area contributed by atoms with Gasteiger partial charge in [-0.05, 0) is 30.7 Å². The van der Waals surface area contributed by atoms with Crippen molar-refractivity contribution in [2.45, 2.75) is 13.5 Å². The number of aromatic nitrogens is 1. The van der Waals surface area contributed by atoms with Gasteiger partial charge in [0.1, 0.15) is 5.82 Å². The third-order valence-electron chi connectivity index (χ3n) is 3.37. The number of fused-ring (bicyclic) bond motifs is 1. The van der Waals surface area contributed by atoms with Crippen LogP contribution in [0.1, 0.15) is 21.6 Å². The Labute approximate surface area is 114 Å². The van der Waals surface area contributed by atoms with Gasteiger partial charge in [0, 0.05) is 6.20 Å². The molecule has 1 aromatic heterocycles. The van der Waals surface area contributed by atoms with Gasteiger partial charge in [-0.15, -0.1) is 0 Å². The van der Waals surface area contributed by atoms with Crippen LogP contribution in [0.5, 0.6) is 0 Å². The highest BCUT2D eigenvalue weighted by atomic mass is 19.1. The summed E-state index contributed by atoms with van der Waals surface area (Å²) in [4.78, 5) is 29.2. The van der Waals surface area contributed by atoms with Crippen molar-refractivity contribution in [2.75, 3.05) is 4.90 Å². The van der Waals surface area contributed by atoms with Crippen molar-refractivity contribution in [1.82, 2.24) is 4.98 Å². The molecule has 2 aromatic rings. The Morgan fingerprint density at radius 1 is 1.20 bits per heavy atom. The number of benzene rings is 1. The largest absolute Gasteiger partial charge is 0.299 e. The number of hydrogen-bond donors (Lipinski definition) is 0. The Balaban J connectivity index is 2.06. The zero-order chi connectivity index (χ0) is 14.3.